The molecule has 0 aliphatic rings. The van der Waals surface area contributed by atoms with Crippen molar-refractivity contribution in [2.45, 2.75) is 26.3 Å². The number of amides is 1. The Morgan fingerprint density at radius 2 is 1.69 bits per heavy atom. The lowest BCUT2D eigenvalue weighted by molar-refractivity contribution is -0.120. The Morgan fingerprint density at radius 3 is 2.52 bits per heavy atom. The molecule has 4 heteroatoms. The molecule has 1 aromatic heterocycles. The first-order valence-electron chi connectivity index (χ1n) is 9.99. The van der Waals surface area contributed by atoms with Crippen LogP contribution in [-0.4, -0.2) is 22.0 Å². The predicted molar refractivity (Wildman–Crippen MR) is 117 cm³/mol. The van der Waals surface area contributed by atoms with Gasteiger partial charge in [0.25, 0.3) is 0 Å². The number of hydrogen-bond donors (Lipinski definition) is 1. The van der Waals surface area contributed by atoms with Crippen LogP contribution in [0.4, 0.5) is 0 Å². The van der Waals surface area contributed by atoms with Crippen molar-refractivity contribution in [2.75, 3.05) is 6.54 Å². The SMILES string of the molecule is Cc1cccc(Cn2c(CCNC(=O)Cc3ccccc3)nc3ccccc32)c1. The van der Waals surface area contributed by atoms with Gasteiger partial charge in [0.2, 0.25) is 5.91 Å². The summed E-state index contributed by atoms with van der Waals surface area (Å²) in [4.78, 5) is 17.1. The first-order valence-corrected chi connectivity index (χ1v) is 9.99. The van der Waals surface area contributed by atoms with Crippen molar-refractivity contribution in [3.63, 3.8) is 0 Å². The van der Waals surface area contributed by atoms with E-state index in [1.165, 1.54) is 11.1 Å². The smallest absolute Gasteiger partial charge is 0.224 e. The van der Waals surface area contributed by atoms with E-state index in [-0.39, 0.29) is 5.91 Å². The molecular weight excluding hydrogens is 358 g/mol. The fraction of sp³-hybridized carbons (Fsp3) is 0.200. The predicted octanol–water partition coefficient (Wildman–Crippen LogP) is 4.29. The number of para-hydroxylation sites is 2. The number of aryl methyl sites for hydroxylation is 1. The van der Waals surface area contributed by atoms with Crippen LogP contribution in [0.2, 0.25) is 0 Å². The summed E-state index contributed by atoms with van der Waals surface area (Å²) in [6.07, 6.45) is 1.10. The molecule has 4 aromatic rings. The summed E-state index contributed by atoms with van der Waals surface area (Å²) in [5, 5.41) is 3.03. The molecule has 0 saturated heterocycles. The maximum absolute atomic E-state index is 12.2. The number of carbonyl (C=O) groups is 1. The molecule has 3 aromatic carbocycles. The molecule has 4 rings (SSSR count). The van der Waals surface area contributed by atoms with Gasteiger partial charge in [0.1, 0.15) is 5.82 Å². The van der Waals surface area contributed by atoms with E-state index in [0.717, 1.165) is 29.0 Å². The van der Waals surface area contributed by atoms with Gasteiger partial charge in [-0.15, -0.1) is 0 Å². The minimum absolute atomic E-state index is 0.0394. The van der Waals surface area contributed by atoms with Crippen LogP contribution in [0.15, 0.2) is 78.9 Å². The van der Waals surface area contributed by atoms with E-state index < -0.39 is 0 Å². The normalized spacial score (nSPS) is 10.9. The van der Waals surface area contributed by atoms with Crippen molar-refractivity contribution in [3.8, 4) is 0 Å². The summed E-state index contributed by atoms with van der Waals surface area (Å²) in [5.41, 5.74) is 5.64. The van der Waals surface area contributed by atoms with E-state index in [1.54, 1.807) is 0 Å². The fourth-order valence-corrected chi connectivity index (χ4v) is 3.64. The van der Waals surface area contributed by atoms with Gasteiger partial charge < -0.3 is 9.88 Å². The lowest BCUT2D eigenvalue weighted by Crippen LogP contribution is -2.28. The van der Waals surface area contributed by atoms with E-state index in [0.29, 0.717) is 19.4 Å². The van der Waals surface area contributed by atoms with Gasteiger partial charge in [0.05, 0.1) is 17.5 Å². The number of benzene rings is 3. The lowest BCUT2D eigenvalue weighted by atomic mass is 10.1. The fourth-order valence-electron chi connectivity index (χ4n) is 3.64. The van der Waals surface area contributed by atoms with Crippen LogP contribution in [0.25, 0.3) is 11.0 Å². The van der Waals surface area contributed by atoms with Crippen molar-refractivity contribution in [1.82, 2.24) is 14.9 Å². The molecule has 0 atom stereocenters. The van der Waals surface area contributed by atoms with Gasteiger partial charge in [-0.3, -0.25) is 4.79 Å². The molecular formula is C25H25N3O. The van der Waals surface area contributed by atoms with Crippen LogP contribution in [0.1, 0.15) is 22.5 Å². The van der Waals surface area contributed by atoms with Gasteiger partial charge in [-0.2, -0.15) is 0 Å². The van der Waals surface area contributed by atoms with Crippen LogP contribution in [0, 0.1) is 6.92 Å². The van der Waals surface area contributed by atoms with Gasteiger partial charge in [0.15, 0.2) is 0 Å². The molecule has 0 radical (unpaired) electrons. The Hall–Kier alpha value is -3.40. The summed E-state index contributed by atoms with van der Waals surface area (Å²) in [7, 11) is 0. The van der Waals surface area contributed by atoms with Crippen LogP contribution in [0.3, 0.4) is 0 Å². The zero-order chi connectivity index (χ0) is 20.1. The van der Waals surface area contributed by atoms with Crippen molar-refractivity contribution in [1.29, 1.82) is 0 Å². The number of imidazole rings is 1. The molecule has 0 bridgehead atoms. The Balaban J connectivity index is 1.47. The third-order valence-corrected chi connectivity index (χ3v) is 5.04. The molecule has 0 spiro atoms. The molecule has 0 aliphatic heterocycles. The third kappa shape index (κ3) is 4.72. The van der Waals surface area contributed by atoms with Crippen molar-refractivity contribution < 1.29 is 4.79 Å². The Morgan fingerprint density at radius 1 is 0.931 bits per heavy atom. The van der Waals surface area contributed by atoms with Gasteiger partial charge >= 0.3 is 0 Å². The second-order valence-electron chi connectivity index (χ2n) is 7.35. The number of hydrogen-bond acceptors (Lipinski definition) is 2. The Labute approximate surface area is 171 Å². The maximum Gasteiger partial charge on any atom is 0.224 e. The average molecular weight is 383 g/mol. The van der Waals surface area contributed by atoms with Gasteiger partial charge in [-0.25, -0.2) is 4.98 Å². The molecule has 4 nitrogen and oxygen atoms in total. The first-order chi connectivity index (χ1) is 14.2. The zero-order valence-corrected chi connectivity index (χ0v) is 16.6. The van der Waals surface area contributed by atoms with Crippen LogP contribution >= 0.6 is 0 Å². The van der Waals surface area contributed by atoms with Crippen molar-refractivity contribution in [2.24, 2.45) is 0 Å². The number of rotatable bonds is 7. The van der Waals surface area contributed by atoms with E-state index in [4.69, 9.17) is 4.98 Å². The molecule has 0 aliphatic carbocycles. The summed E-state index contributed by atoms with van der Waals surface area (Å²) in [5.74, 6) is 1.03. The highest BCUT2D eigenvalue weighted by Crippen LogP contribution is 2.19. The maximum atomic E-state index is 12.2. The molecule has 146 valence electrons. The quantitative estimate of drug-likeness (QED) is 0.517. The minimum atomic E-state index is 0.0394. The van der Waals surface area contributed by atoms with Crippen molar-refractivity contribution >= 4 is 16.9 Å². The van der Waals surface area contributed by atoms with E-state index in [1.807, 2.05) is 48.5 Å². The summed E-state index contributed by atoms with van der Waals surface area (Å²) in [6, 6.07) is 26.6. The van der Waals surface area contributed by atoms with Gasteiger partial charge in [-0.1, -0.05) is 72.3 Å². The Kier molecular flexibility index (Phi) is 5.71. The Bertz CT molecular complexity index is 1120. The number of carbonyl (C=O) groups excluding carboxylic acids is 1. The monoisotopic (exact) mass is 383 g/mol. The number of nitrogens with zero attached hydrogens (tertiary/aromatic N) is 2. The number of nitrogens with one attached hydrogen (secondary N) is 1. The highest BCUT2D eigenvalue weighted by atomic mass is 16.1. The van der Waals surface area contributed by atoms with Gasteiger partial charge in [0, 0.05) is 19.5 Å². The number of aromatic nitrogens is 2. The van der Waals surface area contributed by atoms with Crippen LogP contribution in [-0.2, 0) is 24.2 Å². The van der Waals surface area contributed by atoms with Gasteiger partial charge in [-0.05, 0) is 30.2 Å². The van der Waals surface area contributed by atoms with E-state index in [9.17, 15) is 4.79 Å². The molecule has 0 saturated carbocycles. The van der Waals surface area contributed by atoms with Crippen molar-refractivity contribution in [3.05, 3.63) is 101 Å². The second kappa shape index (κ2) is 8.74. The average Bonchev–Trinajstić information content (AvgIpc) is 3.06. The lowest BCUT2D eigenvalue weighted by Gasteiger charge is -2.11. The van der Waals surface area contributed by atoms with Crippen LogP contribution in [0.5, 0.6) is 0 Å². The first kappa shape index (κ1) is 18.9. The van der Waals surface area contributed by atoms with Crippen LogP contribution < -0.4 is 5.32 Å². The topological polar surface area (TPSA) is 46.9 Å². The second-order valence-corrected chi connectivity index (χ2v) is 7.35. The summed E-state index contributed by atoms with van der Waals surface area (Å²) < 4.78 is 2.26. The molecule has 1 N–H and O–H groups in total. The molecule has 1 amide bonds. The summed E-state index contributed by atoms with van der Waals surface area (Å²) >= 11 is 0. The highest BCUT2D eigenvalue weighted by Gasteiger charge is 2.11. The zero-order valence-electron chi connectivity index (χ0n) is 16.6. The molecule has 0 fully saturated rings. The standard InChI is InChI=1S/C25H25N3O/c1-19-8-7-11-21(16-19)18-28-23-13-6-5-12-22(23)27-24(28)14-15-26-25(29)17-20-9-3-2-4-10-20/h2-13,16H,14-15,17-18H2,1H3,(H,26,29). The van der Waals surface area contributed by atoms with E-state index >= 15 is 0 Å². The number of fused-ring (bicyclic) bond motifs is 1. The minimum Gasteiger partial charge on any atom is -0.355 e. The molecule has 29 heavy (non-hydrogen) atoms. The molecule has 0 unspecified atom stereocenters. The summed E-state index contributed by atoms with van der Waals surface area (Å²) in [6.45, 7) is 3.46. The molecule has 1 heterocycles. The third-order valence-electron chi connectivity index (χ3n) is 5.04. The highest BCUT2D eigenvalue weighted by molar-refractivity contribution is 5.78. The van der Waals surface area contributed by atoms with E-state index in [2.05, 4.69) is 47.1 Å². The largest absolute Gasteiger partial charge is 0.355 e.